The molecule has 0 unspecified atom stereocenters. The Bertz CT molecular complexity index is 795. The van der Waals surface area contributed by atoms with Gasteiger partial charge in [-0.05, 0) is 38.1 Å². The molecule has 2 aromatic rings. The molecule has 0 bridgehead atoms. The number of methoxy groups -OCH3 is 1. The van der Waals surface area contributed by atoms with Crippen molar-refractivity contribution in [3.63, 3.8) is 0 Å². The minimum Gasteiger partial charge on any atom is -0.497 e. The SMILES string of the molecule is COc1cccc(-c2noc(CN3CCC(C(=O)N4CCOCC4)CC3)n2)c1. The number of likely N-dealkylation sites (tertiary alicyclic amines) is 1. The van der Waals surface area contributed by atoms with Crippen LogP contribution in [0.1, 0.15) is 18.7 Å². The standard InChI is InChI=1S/C20H26N4O4/c1-26-17-4-2-3-16(13-17)19-21-18(28-22-19)14-23-7-5-15(6-8-23)20(25)24-9-11-27-12-10-24/h2-4,13,15H,5-12,14H2,1H3. The average Bonchev–Trinajstić information content (AvgIpc) is 3.23. The van der Waals surface area contributed by atoms with Crippen LogP contribution in [0.5, 0.6) is 5.75 Å². The first-order valence-electron chi connectivity index (χ1n) is 9.79. The highest BCUT2D eigenvalue weighted by Gasteiger charge is 2.29. The van der Waals surface area contributed by atoms with Gasteiger partial charge in [-0.1, -0.05) is 17.3 Å². The van der Waals surface area contributed by atoms with Crippen LogP contribution in [-0.4, -0.2) is 72.4 Å². The maximum Gasteiger partial charge on any atom is 0.241 e. The molecule has 2 saturated heterocycles. The highest BCUT2D eigenvalue weighted by Crippen LogP contribution is 2.24. The van der Waals surface area contributed by atoms with E-state index in [2.05, 4.69) is 15.0 Å². The van der Waals surface area contributed by atoms with Crippen LogP contribution in [0.25, 0.3) is 11.4 Å². The van der Waals surface area contributed by atoms with E-state index >= 15 is 0 Å². The summed E-state index contributed by atoms with van der Waals surface area (Å²) in [6.45, 7) is 5.06. The van der Waals surface area contributed by atoms with Crippen LogP contribution in [0.3, 0.4) is 0 Å². The Kier molecular flexibility index (Phi) is 5.87. The molecule has 8 nitrogen and oxygen atoms in total. The van der Waals surface area contributed by atoms with E-state index in [9.17, 15) is 4.79 Å². The van der Waals surface area contributed by atoms with Crippen LogP contribution in [0.4, 0.5) is 0 Å². The van der Waals surface area contributed by atoms with Gasteiger partial charge in [0.1, 0.15) is 5.75 Å². The van der Waals surface area contributed by atoms with Crippen LogP contribution in [0, 0.1) is 5.92 Å². The molecule has 2 aliphatic heterocycles. The lowest BCUT2D eigenvalue weighted by molar-refractivity contribution is -0.141. The summed E-state index contributed by atoms with van der Waals surface area (Å²) in [5.41, 5.74) is 0.865. The summed E-state index contributed by atoms with van der Waals surface area (Å²) < 4.78 is 16.0. The second-order valence-electron chi connectivity index (χ2n) is 7.23. The third-order valence-electron chi connectivity index (χ3n) is 5.41. The van der Waals surface area contributed by atoms with Crippen LogP contribution in [-0.2, 0) is 16.1 Å². The zero-order valence-corrected chi connectivity index (χ0v) is 16.2. The zero-order valence-electron chi connectivity index (χ0n) is 16.2. The van der Waals surface area contributed by atoms with Gasteiger partial charge in [0.2, 0.25) is 17.6 Å². The summed E-state index contributed by atoms with van der Waals surface area (Å²) in [4.78, 5) is 21.4. The predicted molar refractivity (Wildman–Crippen MR) is 102 cm³/mol. The third kappa shape index (κ3) is 4.34. The maximum atomic E-state index is 12.6. The highest BCUT2D eigenvalue weighted by molar-refractivity contribution is 5.79. The van der Waals surface area contributed by atoms with E-state index < -0.39 is 0 Å². The van der Waals surface area contributed by atoms with Crippen molar-refractivity contribution in [1.82, 2.24) is 19.9 Å². The van der Waals surface area contributed by atoms with E-state index in [1.165, 1.54) is 0 Å². The molecule has 0 aliphatic carbocycles. The molecule has 4 rings (SSSR count). The Balaban J connectivity index is 1.30. The van der Waals surface area contributed by atoms with Crippen LogP contribution in [0.2, 0.25) is 0 Å². The molecule has 8 heteroatoms. The fourth-order valence-corrected chi connectivity index (χ4v) is 3.77. The van der Waals surface area contributed by atoms with Crippen molar-refractivity contribution in [1.29, 1.82) is 0 Å². The summed E-state index contributed by atoms with van der Waals surface area (Å²) in [6.07, 6.45) is 1.74. The molecule has 3 heterocycles. The van der Waals surface area contributed by atoms with E-state index in [0.717, 1.165) is 37.2 Å². The number of piperidine rings is 1. The number of nitrogens with zero attached hydrogens (tertiary/aromatic N) is 4. The number of amides is 1. The summed E-state index contributed by atoms with van der Waals surface area (Å²) >= 11 is 0. The number of carbonyl (C=O) groups is 1. The van der Waals surface area contributed by atoms with Crippen LogP contribution in [0.15, 0.2) is 28.8 Å². The molecule has 1 amide bonds. The second kappa shape index (κ2) is 8.70. The number of hydrogen-bond acceptors (Lipinski definition) is 7. The van der Waals surface area contributed by atoms with Crippen LogP contribution < -0.4 is 4.74 Å². The summed E-state index contributed by atoms with van der Waals surface area (Å²) in [5, 5.41) is 4.09. The first-order valence-corrected chi connectivity index (χ1v) is 9.79. The molecule has 0 saturated carbocycles. The first-order chi connectivity index (χ1) is 13.7. The molecule has 2 fully saturated rings. The summed E-state index contributed by atoms with van der Waals surface area (Å²) in [7, 11) is 1.63. The second-order valence-corrected chi connectivity index (χ2v) is 7.23. The van der Waals surface area contributed by atoms with E-state index in [1.807, 2.05) is 29.2 Å². The van der Waals surface area contributed by atoms with Gasteiger partial charge in [-0.3, -0.25) is 9.69 Å². The van der Waals surface area contributed by atoms with Gasteiger partial charge in [0, 0.05) is 24.6 Å². The largest absolute Gasteiger partial charge is 0.497 e. The molecule has 0 N–H and O–H groups in total. The molecular weight excluding hydrogens is 360 g/mol. The Morgan fingerprint density at radius 1 is 1.21 bits per heavy atom. The monoisotopic (exact) mass is 386 g/mol. The number of hydrogen-bond donors (Lipinski definition) is 0. The highest BCUT2D eigenvalue weighted by atomic mass is 16.5. The summed E-state index contributed by atoms with van der Waals surface area (Å²) in [6, 6.07) is 7.60. The molecule has 150 valence electrons. The van der Waals surface area contributed by atoms with Gasteiger partial charge >= 0.3 is 0 Å². The fraction of sp³-hybridized carbons (Fsp3) is 0.550. The van der Waals surface area contributed by atoms with Gasteiger partial charge in [-0.2, -0.15) is 4.98 Å². The maximum absolute atomic E-state index is 12.6. The van der Waals surface area contributed by atoms with E-state index in [0.29, 0.717) is 44.6 Å². The number of ether oxygens (including phenoxy) is 2. The molecule has 0 radical (unpaired) electrons. The molecule has 1 aromatic heterocycles. The number of morpholine rings is 1. The Morgan fingerprint density at radius 3 is 2.75 bits per heavy atom. The minimum absolute atomic E-state index is 0.115. The quantitative estimate of drug-likeness (QED) is 0.775. The lowest BCUT2D eigenvalue weighted by Crippen LogP contribution is -2.46. The average molecular weight is 386 g/mol. The van der Waals surface area contributed by atoms with Crippen molar-refractivity contribution < 1.29 is 18.8 Å². The minimum atomic E-state index is 0.115. The normalized spacial score (nSPS) is 19.0. The van der Waals surface area contributed by atoms with Gasteiger partial charge in [0.15, 0.2) is 0 Å². The molecule has 0 spiro atoms. The molecule has 28 heavy (non-hydrogen) atoms. The third-order valence-corrected chi connectivity index (χ3v) is 5.41. The van der Waals surface area contributed by atoms with Gasteiger partial charge in [-0.15, -0.1) is 0 Å². The number of benzene rings is 1. The van der Waals surface area contributed by atoms with Crippen molar-refractivity contribution in [2.45, 2.75) is 19.4 Å². The van der Waals surface area contributed by atoms with Crippen LogP contribution >= 0.6 is 0 Å². The molecule has 0 atom stereocenters. The Labute approximate surface area is 164 Å². The van der Waals surface area contributed by atoms with Crippen molar-refractivity contribution in [3.05, 3.63) is 30.2 Å². The summed E-state index contributed by atoms with van der Waals surface area (Å²) in [5.74, 6) is 2.31. The number of carbonyl (C=O) groups excluding carboxylic acids is 1. The van der Waals surface area contributed by atoms with E-state index in [-0.39, 0.29) is 11.8 Å². The van der Waals surface area contributed by atoms with E-state index in [4.69, 9.17) is 14.0 Å². The van der Waals surface area contributed by atoms with Crippen molar-refractivity contribution >= 4 is 5.91 Å². The number of aromatic nitrogens is 2. The Hall–Kier alpha value is -2.45. The molecule has 2 aliphatic rings. The zero-order chi connectivity index (χ0) is 19.3. The molecule has 1 aromatic carbocycles. The van der Waals surface area contributed by atoms with Crippen molar-refractivity contribution in [2.75, 3.05) is 46.5 Å². The smallest absolute Gasteiger partial charge is 0.241 e. The predicted octanol–water partition coefficient (Wildman–Crippen LogP) is 1.82. The fourth-order valence-electron chi connectivity index (χ4n) is 3.77. The van der Waals surface area contributed by atoms with Gasteiger partial charge in [0.25, 0.3) is 0 Å². The van der Waals surface area contributed by atoms with Crippen molar-refractivity contribution in [3.8, 4) is 17.1 Å². The first kappa shape index (κ1) is 18.9. The van der Waals surface area contributed by atoms with Crippen molar-refractivity contribution in [2.24, 2.45) is 5.92 Å². The topological polar surface area (TPSA) is 80.9 Å². The van der Waals surface area contributed by atoms with Gasteiger partial charge < -0.3 is 18.9 Å². The van der Waals surface area contributed by atoms with Gasteiger partial charge in [-0.25, -0.2) is 0 Å². The lowest BCUT2D eigenvalue weighted by Gasteiger charge is -2.35. The number of rotatable bonds is 5. The van der Waals surface area contributed by atoms with Gasteiger partial charge in [0.05, 0.1) is 26.9 Å². The van der Waals surface area contributed by atoms with E-state index in [1.54, 1.807) is 7.11 Å². The lowest BCUT2D eigenvalue weighted by atomic mass is 9.95. The Morgan fingerprint density at radius 2 is 2.00 bits per heavy atom. The molecular formula is C20H26N4O4.